The Morgan fingerprint density at radius 1 is 0.929 bits per heavy atom. The first-order valence-corrected chi connectivity index (χ1v) is 10.2. The number of hydrogen-bond acceptors (Lipinski definition) is 2. The summed E-state index contributed by atoms with van der Waals surface area (Å²) in [6.07, 6.45) is 1.66. The summed E-state index contributed by atoms with van der Waals surface area (Å²) in [4.78, 5) is 0.0743. The number of fused-ring (bicyclic) bond motifs is 1. The van der Waals surface area contributed by atoms with E-state index in [1.807, 2.05) is 37.3 Å². The fourth-order valence-electron chi connectivity index (χ4n) is 3.34. The van der Waals surface area contributed by atoms with Crippen LogP contribution in [0.25, 0.3) is 5.57 Å². The highest BCUT2D eigenvalue weighted by Gasteiger charge is 2.32. The number of sulfonamides is 1. The Balaban J connectivity index is 1.90. The van der Waals surface area contributed by atoms with Crippen molar-refractivity contribution in [2.45, 2.75) is 11.8 Å². The highest BCUT2D eigenvalue weighted by atomic mass is 32.2. The number of benzene rings is 3. The van der Waals surface area contributed by atoms with Gasteiger partial charge in [0, 0.05) is 11.6 Å². The lowest BCUT2D eigenvalue weighted by atomic mass is 9.93. The van der Waals surface area contributed by atoms with E-state index in [0.29, 0.717) is 5.57 Å². The van der Waals surface area contributed by atoms with Gasteiger partial charge in [-0.3, -0.25) is 4.31 Å². The highest BCUT2D eigenvalue weighted by Crippen LogP contribution is 2.40. The number of aryl methyl sites for hydroxylation is 1. The molecule has 0 saturated heterocycles. The molecule has 0 fully saturated rings. The fourth-order valence-corrected chi connectivity index (χ4v) is 4.75. The minimum Gasteiger partial charge on any atom is -0.262 e. The summed E-state index contributed by atoms with van der Waals surface area (Å²) < 4.78 is 56.2. The van der Waals surface area contributed by atoms with E-state index in [0.717, 1.165) is 27.6 Å². The molecule has 142 valence electrons. The van der Waals surface area contributed by atoms with Gasteiger partial charge in [-0.1, -0.05) is 54.1 Å². The zero-order valence-corrected chi connectivity index (χ0v) is 15.9. The predicted molar refractivity (Wildman–Crippen MR) is 106 cm³/mol. The predicted octanol–water partition coefficient (Wildman–Crippen LogP) is 4.91. The number of hydrogen-bond donors (Lipinski definition) is 0. The Bertz CT molecular complexity index is 1170. The molecule has 3 aromatic rings. The summed E-state index contributed by atoms with van der Waals surface area (Å²) in [6.45, 7) is 1.84. The third kappa shape index (κ3) is 3.10. The Hall–Kier alpha value is -2.99. The number of halogens is 2. The third-order valence-electron chi connectivity index (χ3n) is 4.73. The summed E-state index contributed by atoms with van der Waals surface area (Å²) in [5.74, 6) is -1.62. The molecule has 0 spiro atoms. The molecule has 4 rings (SSSR count). The second-order valence-corrected chi connectivity index (χ2v) is 8.48. The molecule has 0 saturated carbocycles. The van der Waals surface area contributed by atoms with E-state index in [4.69, 9.17) is 0 Å². The molecule has 0 radical (unpaired) electrons. The van der Waals surface area contributed by atoms with E-state index in [1.165, 1.54) is 12.1 Å². The molecule has 0 aromatic heterocycles. The molecule has 0 bridgehead atoms. The van der Waals surface area contributed by atoms with Crippen molar-refractivity contribution in [3.8, 4) is 0 Å². The molecular formula is C22H17F2NO2S. The van der Waals surface area contributed by atoms with Gasteiger partial charge in [-0.25, -0.2) is 17.2 Å². The van der Waals surface area contributed by atoms with E-state index < -0.39 is 21.7 Å². The zero-order valence-electron chi connectivity index (χ0n) is 15.1. The Kier molecular flexibility index (Phi) is 4.51. The van der Waals surface area contributed by atoms with Gasteiger partial charge in [-0.05, 0) is 36.3 Å². The first kappa shape index (κ1) is 18.4. The average molecular weight is 397 g/mol. The van der Waals surface area contributed by atoms with Crippen LogP contribution in [0.15, 0.2) is 77.7 Å². The van der Waals surface area contributed by atoms with Crippen LogP contribution in [0, 0.1) is 18.6 Å². The molecule has 0 amide bonds. The van der Waals surface area contributed by atoms with Crippen molar-refractivity contribution >= 4 is 21.3 Å². The first-order chi connectivity index (χ1) is 13.4. The molecule has 3 nitrogen and oxygen atoms in total. The lowest BCUT2D eigenvalue weighted by molar-refractivity contribution is 0.578. The summed E-state index contributed by atoms with van der Waals surface area (Å²) in [7, 11) is -3.98. The van der Waals surface area contributed by atoms with Gasteiger partial charge in [-0.15, -0.1) is 0 Å². The van der Waals surface area contributed by atoms with Crippen LogP contribution in [0.3, 0.4) is 0 Å². The second-order valence-electron chi connectivity index (χ2n) is 6.61. The molecule has 28 heavy (non-hydrogen) atoms. The van der Waals surface area contributed by atoms with Gasteiger partial charge in [0.1, 0.15) is 11.6 Å². The minimum absolute atomic E-state index is 0.000530. The van der Waals surface area contributed by atoms with Gasteiger partial charge in [-0.2, -0.15) is 0 Å². The van der Waals surface area contributed by atoms with Crippen molar-refractivity contribution in [1.82, 2.24) is 0 Å². The number of nitrogens with zero attached hydrogens (tertiary/aromatic N) is 1. The van der Waals surface area contributed by atoms with E-state index in [1.54, 1.807) is 18.2 Å². The second kappa shape index (κ2) is 6.87. The Labute approximate surface area is 162 Å². The maximum absolute atomic E-state index is 14.8. The molecule has 1 heterocycles. The summed E-state index contributed by atoms with van der Waals surface area (Å²) in [5, 5.41) is 0. The van der Waals surface area contributed by atoms with Crippen molar-refractivity contribution in [2.24, 2.45) is 0 Å². The highest BCUT2D eigenvalue weighted by molar-refractivity contribution is 7.92. The van der Waals surface area contributed by atoms with E-state index in [-0.39, 0.29) is 22.7 Å². The van der Waals surface area contributed by atoms with Gasteiger partial charge >= 0.3 is 0 Å². The maximum atomic E-state index is 14.8. The minimum atomic E-state index is -3.98. The van der Waals surface area contributed by atoms with Gasteiger partial charge in [0.15, 0.2) is 0 Å². The molecule has 0 unspecified atom stereocenters. The van der Waals surface area contributed by atoms with Gasteiger partial charge in [0.05, 0.1) is 17.1 Å². The van der Waals surface area contributed by atoms with E-state index in [2.05, 4.69) is 0 Å². The quantitative estimate of drug-likeness (QED) is 0.630. The van der Waals surface area contributed by atoms with Gasteiger partial charge < -0.3 is 0 Å². The Morgan fingerprint density at radius 3 is 2.29 bits per heavy atom. The SMILES string of the molecule is Cc1ccc(S(=O)(=O)N2CC=C(c3ccccc3)c3c(F)cc(F)cc32)cc1. The van der Waals surface area contributed by atoms with Crippen LogP contribution < -0.4 is 4.31 Å². The van der Waals surface area contributed by atoms with Crippen LogP contribution in [0.4, 0.5) is 14.5 Å². The summed E-state index contributed by atoms with van der Waals surface area (Å²) in [5.41, 5.74) is 2.28. The molecule has 0 atom stereocenters. The molecule has 0 aliphatic carbocycles. The largest absolute Gasteiger partial charge is 0.264 e. The smallest absolute Gasteiger partial charge is 0.262 e. The molecule has 0 N–H and O–H groups in total. The molecule has 3 aromatic carbocycles. The molecular weight excluding hydrogens is 380 g/mol. The van der Waals surface area contributed by atoms with Crippen LogP contribution in [0.5, 0.6) is 0 Å². The van der Waals surface area contributed by atoms with E-state index >= 15 is 0 Å². The topological polar surface area (TPSA) is 37.4 Å². The van der Waals surface area contributed by atoms with Crippen molar-refractivity contribution in [3.63, 3.8) is 0 Å². The van der Waals surface area contributed by atoms with Crippen molar-refractivity contribution in [2.75, 3.05) is 10.8 Å². The average Bonchev–Trinajstić information content (AvgIpc) is 2.68. The monoisotopic (exact) mass is 397 g/mol. The fraction of sp³-hybridized carbons (Fsp3) is 0.0909. The number of rotatable bonds is 3. The maximum Gasteiger partial charge on any atom is 0.264 e. The van der Waals surface area contributed by atoms with Crippen LogP contribution in [0.2, 0.25) is 0 Å². The van der Waals surface area contributed by atoms with Crippen molar-refractivity contribution in [3.05, 3.63) is 101 Å². The van der Waals surface area contributed by atoms with Crippen molar-refractivity contribution < 1.29 is 17.2 Å². The van der Waals surface area contributed by atoms with Crippen LogP contribution in [0.1, 0.15) is 16.7 Å². The third-order valence-corrected chi connectivity index (χ3v) is 6.52. The van der Waals surface area contributed by atoms with Crippen LogP contribution >= 0.6 is 0 Å². The Morgan fingerprint density at radius 2 is 1.61 bits per heavy atom. The lowest BCUT2D eigenvalue weighted by Gasteiger charge is -2.30. The van der Waals surface area contributed by atoms with Crippen LogP contribution in [-0.2, 0) is 10.0 Å². The summed E-state index contributed by atoms with van der Waals surface area (Å²) in [6, 6.07) is 17.3. The van der Waals surface area contributed by atoms with Crippen molar-refractivity contribution in [1.29, 1.82) is 0 Å². The first-order valence-electron chi connectivity index (χ1n) is 8.72. The molecule has 1 aliphatic rings. The molecule has 6 heteroatoms. The van der Waals surface area contributed by atoms with Crippen LogP contribution in [-0.4, -0.2) is 15.0 Å². The normalized spacial score (nSPS) is 13.8. The summed E-state index contributed by atoms with van der Waals surface area (Å²) >= 11 is 0. The van der Waals surface area contributed by atoms with Gasteiger partial charge in [0.2, 0.25) is 0 Å². The molecule has 1 aliphatic heterocycles. The van der Waals surface area contributed by atoms with E-state index in [9.17, 15) is 17.2 Å². The zero-order chi connectivity index (χ0) is 19.9. The van der Waals surface area contributed by atoms with Gasteiger partial charge in [0.25, 0.3) is 10.0 Å². The number of anilines is 1. The standard InChI is InChI=1S/C22H17F2NO2S/c1-15-7-9-18(10-8-15)28(26,27)25-12-11-19(16-5-3-2-4-6-16)22-20(24)13-17(23)14-21(22)25/h2-11,13-14H,12H2,1H3. The lowest BCUT2D eigenvalue weighted by Crippen LogP contribution is -2.34.